The molecule has 0 radical (unpaired) electrons. The topological polar surface area (TPSA) is 12.0 Å². The Bertz CT molecular complexity index is 203. The lowest BCUT2D eigenvalue weighted by Crippen LogP contribution is -2.41. The van der Waals surface area contributed by atoms with Crippen molar-refractivity contribution >= 4 is 0 Å². The van der Waals surface area contributed by atoms with Gasteiger partial charge >= 0.3 is 0 Å². The molecule has 0 saturated heterocycles. The highest BCUT2D eigenvalue weighted by Crippen LogP contribution is 2.56. The third-order valence-electron chi connectivity index (χ3n) is 5.08. The highest BCUT2D eigenvalue weighted by molar-refractivity contribution is 4.98. The van der Waals surface area contributed by atoms with Crippen LogP contribution in [0.15, 0.2) is 0 Å². The first-order valence-electron chi connectivity index (χ1n) is 7.12. The lowest BCUT2D eigenvalue weighted by atomic mass is 9.82. The maximum Gasteiger partial charge on any atom is 0.00700 e. The summed E-state index contributed by atoms with van der Waals surface area (Å²) >= 11 is 0. The highest BCUT2D eigenvalue weighted by atomic mass is 15.0. The summed E-state index contributed by atoms with van der Waals surface area (Å²) in [6, 6.07) is 1.75. The van der Waals surface area contributed by atoms with Crippen LogP contribution in [0.5, 0.6) is 0 Å². The van der Waals surface area contributed by atoms with E-state index in [9.17, 15) is 0 Å². The van der Waals surface area contributed by atoms with E-state index in [1.807, 2.05) is 0 Å². The molecule has 0 aromatic heterocycles. The van der Waals surface area contributed by atoms with Crippen LogP contribution in [-0.2, 0) is 0 Å². The van der Waals surface area contributed by atoms with Gasteiger partial charge in [0.05, 0.1) is 0 Å². The molecule has 0 unspecified atom stereocenters. The second-order valence-electron chi connectivity index (χ2n) is 6.28. The third kappa shape index (κ3) is 2.38. The number of hydrogen-bond acceptors (Lipinski definition) is 1. The molecule has 86 valence electrons. The molecule has 0 aromatic rings. The van der Waals surface area contributed by atoms with Crippen molar-refractivity contribution in [1.82, 2.24) is 5.32 Å². The van der Waals surface area contributed by atoms with E-state index in [2.05, 4.69) is 5.32 Å². The van der Waals surface area contributed by atoms with Crippen LogP contribution >= 0.6 is 0 Å². The SMILES string of the molecule is C1CCC(NC2CCC3(CC2)CC3)CC1. The van der Waals surface area contributed by atoms with Gasteiger partial charge in [-0.3, -0.25) is 0 Å². The Hall–Kier alpha value is -0.0400. The van der Waals surface area contributed by atoms with E-state index in [-0.39, 0.29) is 0 Å². The van der Waals surface area contributed by atoms with Gasteiger partial charge in [-0.2, -0.15) is 0 Å². The quantitative estimate of drug-likeness (QED) is 0.729. The van der Waals surface area contributed by atoms with Crippen LogP contribution < -0.4 is 5.32 Å². The Balaban J connectivity index is 1.43. The maximum absolute atomic E-state index is 3.92. The van der Waals surface area contributed by atoms with E-state index in [4.69, 9.17) is 0 Å². The fourth-order valence-corrected chi connectivity index (χ4v) is 3.68. The van der Waals surface area contributed by atoms with Crippen molar-refractivity contribution in [2.75, 3.05) is 0 Å². The molecule has 0 bridgehead atoms. The van der Waals surface area contributed by atoms with Crippen molar-refractivity contribution in [3.63, 3.8) is 0 Å². The summed E-state index contributed by atoms with van der Waals surface area (Å²) in [7, 11) is 0. The fraction of sp³-hybridized carbons (Fsp3) is 1.00. The summed E-state index contributed by atoms with van der Waals surface area (Å²) < 4.78 is 0. The molecule has 15 heavy (non-hydrogen) atoms. The zero-order valence-corrected chi connectivity index (χ0v) is 9.93. The van der Waals surface area contributed by atoms with Crippen LogP contribution in [0, 0.1) is 5.41 Å². The second kappa shape index (κ2) is 4.08. The minimum Gasteiger partial charge on any atom is -0.311 e. The highest BCUT2D eigenvalue weighted by Gasteiger charge is 2.44. The van der Waals surface area contributed by atoms with Crippen LogP contribution in [-0.4, -0.2) is 12.1 Å². The van der Waals surface area contributed by atoms with Crippen molar-refractivity contribution in [2.24, 2.45) is 5.41 Å². The molecule has 1 spiro atoms. The molecular weight excluding hydrogens is 182 g/mol. The molecule has 1 nitrogen and oxygen atoms in total. The minimum absolute atomic E-state index is 0.866. The van der Waals surface area contributed by atoms with Gasteiger partial charge in [0.15, 0.2) is 0 Å². The summed E-state index contributed by atoms with van der Waals surface area (Å²) in [5.41, 5.74) is 0.866. The van der Waals surface area contributed by atoms with E-state index >= 15 is 0 Å². The predicted octanol–water partition coefficient (Wildman–Crippen LogP) is 3.63. The minimum atomic E-state index is 0.866. The van der Waals surface area contributed by atoms with Gasteiger partial charge in [-0.25, -0.2) is 0 Å². The molecule has 3 aliphatic rings. The zero-order chi connectivity index (χ0) is 10.1. The van der Waals surface area contributed by atoms with Crippen molar-refractivity contribution in [3.05, 3.63) is 0 Å². The standard InChI is InChI=1S/C14H25N/c1-2-4-12(5-3-1)15-13-6-8-14(9-7-13)10-11-14/h12-13,15H,1-11H2. The van der Waals surface area contributed by atoms with Gasteiger partial charge in [-0.15, -0.1) is 0 Å². The van der Waals surface area contributed by atoms with E-state index in [1.54, 1.807) is 12.8 Å². The van der Waals surface area contributed by atoms with Gasteiger partial charge in [0.1, 0.15) is 0 Å². The van der Waals surface area contributed by atoms with Gasteiger partial charge in [-0.1, -0.05) is 19.3 Å². The molecule has 3 saturated carbocycles. The molecule has 1 heteroatoms. The smallest absolute Gasteiger partial charge is 0.00700 e. The largest absolute Gasteiger partial charge is 0.311 e. The van der Waals surface area contributed by atoms with Crippen molar-refractivity contribution in [2.45, 2.75) is 82.7 Å². The van der Waals surface area contributed by atoms with Crippen LogP contribution in [0.1, 0.15) is 70.6 Å². The van der Waals surface area contributed by atoms with Crippen LogP contribution in [0.3, 0.4) is 0 Å². The first kappa shape index (κ1) is 10.1. The molecule has 0 amide bonds. The van der Waals surface area contributed by atoms with Crippen molar-refractivity contribution in [3.8, 4) is 0 Å². The van der Waals surface area contributed by atoms with E-state index in [0.717, 1.165) is 17.5 Å². The summed E-state index contributed by atoms with van der Waals surface area (Å²) in [6.45, 7) is 0. The van der Waals surface area contributed by atoms with Crippen LogP contribution in [0.25, 0.3) is 0 Å². The Morgan fingerprint density at radius 1 is 0.667 bits per heavy atom. The average molecular weight is 207 g/mol. The normalized spacial score (nSPS) is 32.0. The van der Waals surface area contributed by atoms with Crippen molar-refractivity contribution in [1.29, 1.82) is 0 Å². The summed E-state index contributed by atoms with van der Waals surface area (Å²) in [6.07, 6.45) is 16.4. The Kier molecular flexibility index (Phi) is 2.76. The molecule has 0 atom stereocenters. The fourth-order valence-electron chi connectivity index (χ4n) is 3.68. The second-order valence-corrected chi connectivity index (χ2v) is 6.28. The summed E-state index contributed by atoms with van der Waals surface area (Å²) in [5, 5.41) is 3.92. The van der Waals surface area contributed by atoms with Gasteiger partial charge in [0.25, 0.3) is 0 Å². The predicted molar refractivity (Wildman–Crippen MR) is 63.9 cm³/mol. The zero-order valence-electron chi connectivity index (χ0n) is 9.93. The van der Waals surface area contributed by atoms with Gasteiger partial charge < -0.3 is 5.32 Å². The number of rotatable bonds is 2. The Morgan fingerprint density at radius 3 is 1.87 bits per heavy atom. The summed E-state index contributed by atoms with van der Waals surface area (Å²) in [5.74, 6) is 0. The molecule has 3 rings (SSSR count). The molecule has 1 N–H and O–H groups in total. The van der Waals surface area contributed by atoms with Gasteiger partial charge in [0, 0.05) is 12.1 Å². The molecule has 0 aromatic carbocycles. The Morgan fingerprint density at radius 2 is 1.27 bits per heavy atom. The van der Waals surface area contributed by atoms with E-state index in [0.29, 0.717) is 0 Å². The number of nitrogens with one attached hydrogen (secondary N) is 1. The van der Waals surface area contributed by atoms with Crippen molar-refractivity contribution < 1.29 is 0 Å². The first-order valence-corrected chi connectivity index (χ1v) is 7.12. The first-order chi connectivity index (χ1) is 7.36. The molecule has 3 fully saturated rings. The monoisotopic (exact) mass is 207 g/mol. The molecule has 0 aliphatic heterocycles. The van der Waals surface area contributed by atoms with E-state index in [1.165, 1.54) is 57.8 Å². The Labute approximate surface area is 94.0 Å². The van der Waals surface area contributed by atoms with Crippen LogP contribution in [0.4, 0.5) is 0 Å². The maximum atomic E-state index is 3.92. The van der Waals surface area contributed by atoms with Gasteiger partial charge in [0.2, 0.25) is 0 Å². The van der Waals surface area contributed by atoms with Gasteiger partial charge in [-0.05, 0) is 56.8 Å². The summed E-state index contributed by atoms with van der Waals surface area (Å²) in [4.78, 5) is 0. The molecule has 3 aliphatic carbocycles. The number of hydrogen-bond donors (Lipinski definition) is 1. The van der Waals surface area contributed by atoms with Crippen LogP contribution in [0.2, 0.25) is 0 Å². The lowest BCUT2D eigenvalue weighted by molar-refractivity contribution is 0.240. The third-order valence-corrected chi connectivity index (χ3v) is 5.08. The lowest BCUT2D eigenvalue weighted by Gasteiger charge is -2.33. The average Bonchev–Trinajstić information content (AvgIpc) is 3.04. The molecular formula is C14H25N. The van der Waals surface area contributed by atoms with E-state index < -0.39 is 0 Å². The molecule has 0 heterocycles.